The zero-order valence-electron chi connectivity index (χ0n) is 11.7. The Morgan fingerprint density at radius 2 is 2.25 bits per heavy atom. The molecule has 5 N–H and O–H groups in total. The summed E-state index contributed by atoms with van der Waals surface area (Å²) in [7, 11) is 0. The van der Waals surface area contributed by atoms with E-state index < -0.39 is 0 Å². The first-order valence-electron chi connectivity index (χ1n) is 6.52. The third-order valence-corrected chi connectivity index (χ3v) is 3.05. The molecule has 20 heavy (non-hydrogen) atoms. The van der Waals surface area contributed by atoms with Gasteiger partial charge in [0.15, 0.2) is 0 Å². The number of rotatable bonds is 5. The Hall–Kier alpha value is -2.50. The van der Waals surface area contributed by atoms with E-state index in [-0.39, 0.29) is 5.91 Å². The number of nitrogens with two attached hydrogens (primary N) is 1. The third kappa shape index (κ3) is 3.09. The van der Waals surface area contributed by atoms with Crippen LogP contribution in [0.25, 0.3) is 0 Å². The van der Waals surface area contributed by atoms with Gasteiger partial charge in [0.2, 0.25) is 0 Å². The van der Waals surface area contributed by atoms with E-state index in [9.17, 15) is 4.79 Å². The van der Waals surface area contributed by atoms with Crippen LogP contribution < -0.4 is 16.4 Å². The second-order valence-electron chi connectivity index (χ2n) is 4.54. The van der Waals surface area contributed by atoms with Crippen LogP contribution in [0.1, 0.15) is 28.5 Å². The molecule has 2 aromatic rings. The van der Waals surface area contributed by atoms with Crippen LogP contribution in [0.15, 0.2) is 24.4 Å². The summed E-state index contributed by atoms with van der Waals surface area (Å²) in [6.45, 7) is 5.07. The summed E-state index contributed by atoms with van der Waals surface area (Å²) in [5, 5.41) is 12.8. The van der Waals surface area contributed by atoms with Gasteiger partial charge in [-0.1, -0.05) is 0 Å². The first-order valence-corrected chi connectivity index (χ1v) is 6.52. The fourth-order valence-corrected chi connectivity index (χ4v) is 1.87. The van der Waals surface area contributed by atoms with Gasteiger partial charge in [0, 0.05) is 29.9 Å². The van der Waals surface area contributed by atoms with Gasteiger partial charge >= 0.3 is 0 Å². The van der Waals surface area contributed by atoms with E-state index >= 15 is 0 Å². The largest absolute Gasteiger partial charge is 0.397 e. The number of H-pyrrole nitrogens is 1. The molecule has 106 valence electrons. The molecule has 0 unspecified atom stereocenters. The Bertz CT molecular complexity index is 605. The number of nitrogen functional groups attached to an aromatic ring is 1. The molecular formula is C14H19N5O. The predicted octanol–water partition coefficient (Wildman–Crippen LogP) is 1.66. The molecule has 0 saturated carbocycles. The quantitative estimate of drug-likeness (QED) is 0.623. The highest BCUT2D eigenvalue weighted by Crippen LogP contribution is 2.21. The van der Waals surface area contributed by atoms with Crippen molar-refractivity contribution in [1.29, 1.82) is 0 Å². The number of amides is 1. The van der Waals surface area contributed by atoms with Crippen molar-refractivity contribution in [3.05, 3.63) is 41.2 Å². The van der Waals surface area contributed by atoms with E-state index in [1.807, 2.05) is 19.9 Å². The van der Waals surface area contributed by atoms with Crippen molar-refractivity contribution in [2.75, 3.05) is 17.6 Å². The van der Waals surface area contributed by atoms with Gasteiger partial charge in [-0.15, -0.1) is 0 Å². The Balaban J connectivity index is 2.06. The highest BCUT2D eigenvalue weighted by Gasteiger charge is 2.07. The molecule has 6 nitrogen and oxygen atoms in total. The highest BCUT2D eigenvalue weighted by atomic mass is 16.1. The molecule has 0 bridgehead atoms. The molecule has 0 atom stereocenters. The van der Waals surface area contributed by atoms with Gasteiger partial charge < -0.3 is 16.4 Å². The lowest BCUT2D eigenvalue weighted by Crippen LogP contribution is -2.22. The summed E-state index contributed by atoms with van der Waals surface area (Å²) in [6, 6.07) is 5.25. The number of carbonyl (C=O) groups is 1. The number of nitrogens with zero attached hydrogens (tertiary/aromatic N) is 1. The Kier molecular flexibility index (Phi) is 4.24. The summed E-state index contributed by atoms with van der Waals surface area (Å²) in [4.78, 5) is 11.7. The van der Waals surface area contributed by atoms with Crippen molar-refractivity contribution in [1.82, 2.24) is 15.5 Å². The van der Waals surface area contributed by atoms with Crippen LogP contribution in [0.5, 0.6) is 0 Å². The SMILES string of the molecule is CCNC(=O)c1ccc(NCc2cn[nH]c2C)c(N)c1. The Morgan fingerprint density at radius 3 is 2.85 bits per heavy atom. The summed E-state index contributed by atoms with van der Waals surface area (Å²) in [6.07, 6.45) is 1.78. The van der Waals surface area contributed by atoms with Crippen molar-refractivity contribution >= 4 is 17.3 Å². The van der Waals surface area contributed by atoms with Crippen LogP contribution in [-0.4, -0.2) is 22.6 Å². The molecule has 1 aromatic carbocycles. The van der Waals surface area contributed by atoms with Crippen molar-refractivity contribution in [2.45, 2.75) is 20.4 Å². The highest BCUT2D eigenvalue weighted by molar-refractivity contribution is 5.96. The minimum absolute atomic E-state index is 0.114. The molecule has 2 rings (SSSR count). The number of nitrogens with one attached hydrogen (secondary N) is 3. The number of hydrogen-bond acceptors (Lipinski definition) is 4. The molecule has 1 aromatic heterocycles. The lowest BCUT2D eigenvalue weighted by molar-refractivity contribution is 0.0956. The zero-order chi connectivity index (χ0) is 14.5. The van der Waals surface area contributed by atoms with Gasteiger partial charge in [-0.3, -0.25) is 9.89 Å². The van der Waals surface area contributed by atoms with Crippen LogP contribution in [0.2, 0.25) is 0 Å². The van der Waals surface area contributed by atoms with Gasteiger partial charge in [0.25, 0.3) is 5.91 Å². The topological polar surface area (TPSA) is 95.8 Å². The molecule has 0 spiro atoms. The second kappa shape index (κ2) is 6.10. The maximum absolute atomic E-state index is 11.7. The zero-order valence-corrected chi connectivity index (χ0v) is 11.7. The molecule has 0 fully saturated rings. The van der Waals surface area contributed by atoms with E-state index in [1.54, 1.807) is 18.3 Å². The molecule has 0 aliphatic heterocycles. The van der Waals surface area contributed by atoms with Crippen molar-refractivity contribution in [3.8, 4) is 0 Å². The van der Waals surface area contributed by atoms with E-state index in [0.717, 1.165) is 16.9 Å². The molecule has 0 radical (unpaired) electrons. The van der Waals surface area contributed by atoms with E-state index in [1.165, 1.54) is 0 Å². The molecular weight excluding hydrogens is 254 g/mol. The monoisotopic (exact) mass is 273 g/mol. The number of aromatic nitrogens is 2. The average molecular weight is 273 g/mol. The third-order valence-electron chi connectivity index (χ3n) is 3.05. The number of aromatic amines is 1. The standard InChI is InChI=1S/C14H19N5O/c1-3-16-14(20)10-4-5-13(12(15)6-10)17-7-11-8-18-19-9(11)2/h4-6,8,17H,3,7,15H2,1-2H3,(H,16,20)(H,18,19). The van der Waals surface area contributed by atoms with Gasteiger partial charge in [0.05, 0.1) is 17.6 Å². The average Bonchev–Trinajstić information content (AvgIpc) is 2.83. The van der Waals surface area contributed by atoms with Gasteiger partial charge in [-0.25, -0.2) is 0 Å². The fraction of sp³-hybridized carbons (Fsp3) is 0.286. The van der Waals surface area contributed by atoms with Crippen molar-refractivity contribution in [3.63, 3.8) is 0 Å². The molecule has 0 aliphatic carbocycles. The molecule has 1 heterocycles. The predicted molar refractivity (Wildman–Crippen MR) is 79.5 cm³/mol. The maximum atomic E-state index is 11.7. The van der Waals surface area contributed by atoms with E-state index in [2.05, 4.69) is 20.8 Å². The maximum Gasteiger partial charge on any atom is 0.251 e. The number of carbonyl (C=O) groups excluding carboxylic acids is 1. The number of aryl methyl sites for hydroxylation is 1. The van der Waals surface area contributed by atoms with Crippen LogP contribution in [0, 0.1) is 6.92 Å². The fourth-order valence-electron chi connectivity index (χ4n) is 1.87. The van der Waals surface area contributed by atoms with Crippen LogP contribution in [0.4, 0.5) is 11.4 Å². The number of hydrogen-bond donors (Lipinski definition) is 4. The summed E-state index contributed by atoms with van der Waals surface area (Å²) >= 11 is 0. The summed E-state index contributed by atoms with van der Waals surface area (Å²) in [5.74, 6) is -0.114. The van der Waals surface area contributed by atoms with Gasteiger partial charge in [-0.2, -0.15) is 5.10 Å². The van der Waals surface area contributed by atoms with E-state index in [4.69, 9.17) is 5.73 Å². The summed E-state index contributed by atoms with van der Waals surface area (Å²) < 4.78 is 0. The van der Waals surface area contributed by atoms with Gasteiger partial charge in [0.1, 0.15) is 0 Å². The summed E-state index contributed by atoms with van der Waals surface area (Å²) in [5.41, 5.74) is 9.99. The van der Waals surface area contributed by atoms with Crippen molar-refractivity contribution < 1.29 is 4.79 Å². The van der Waals surface area contributed by atoms with Crippen LogP contribution in [0.3, 0.4) is 0 Å². The minimum atomic E-state index is -0.114. The Morgan fingerprint density at radius 1 is 1.45 bits per heavy atom. The number of benzene rings is 1. The minimum Gasteiger partial charge on any atom is -0.397 e. The molecule has 1 amide bonds. The first kappa shape index (κ1) is 13.9. The van der Waals surface area contributed by atoms with Crippen LogP contribution in [-0.2, 0) is 6.54 Å². The van der Waals surface area contributed by atoms with E-state index in [0.29, 0.717) is 24.3 Å². The second-order valence-corrected chi connectivity index (χ2v) is 4.54. The number of anilines is 2. The lowest BCUT2D eigenvalue weighted by Gasteiger charge is -2.10. The van der Waals surface area contributed by atoms with Crippen LogP contribution >= 0.6 is 0 Å². The molecule has 6 heteroatoms. The molecule has 0 aliphatic rings. The Labute approximate surface area is 117 Å². The smallest absolute Gasteiger partial charge is 0.251 e. The first-order chi connectivity index (χ1) is 9.61. The van der Waals surface area contributed by atoms with Gasteiger partial charge in [-0.05, 0) is 32.0 Å². The lowest BCUT2D eigenvalue weighted by atomic mass is 10.1. The van der Waals surface area contributed by atoms with Crippen molar-refractivity contribution in [2.24, 2.45) is 0 Å². The normalized spacial score (nSPS) is 10.3. The molecule has 0 saturated heterocycles.